The van der Waals surface area contributed by atoms with E-state index in [1.807, 2.05) is 6.07 Å². The molecule has 4 heteroatoms. The van der Waals surface area contributed by atoms with Crippen molar-refractivity contribution in [3.8, 4) is 11.5 Å². The summed E-state index contributed by atoms with van der Waals surface area (Å²) < 4.78 is 5.01. The molecule has 2 N–H and O–H groups in total. The van der Waals surface area contributed by atoms with Gasteiger partial charge in [-0.05, 0) is 24.3 Å². The minimum absolute atomic E-state index is 0.00230. The van der Waals surface area contributed by atoms with E-state index >= 15 is 0 Å². The van der Waals surface area contributed by atoms with E-state index < -0.39 is 6.09 Å². The van der Waals surface area contributed by atoms with Gasteiger partial charge < -0.3 is 9.84 Å². The second kappa shape index (κ2) is 5.03. The van der Waals surface area contributed by atoms with Crippen LogP contribution in [0.5, 0.6) is 11.5 Å². The highest BCUT2D eigenvalue weighted by Crippen LogP contribution is 2.21. The third kappa shape index (κ3) is 2.98. The summed E-state index contributed by atoms with van der Waals surface area (Å²) in [7, 11) is 0. The lowest BCUT2D eigenvalue weighted by Crippen LogP contribution is -2.16. The fourth-order valence-electron chi connectivity index (χ4n) is 1.31. The minimum Gasteiger partial charge on any atom is -0.506 e. The van der Waals surface area contributed by atoms with Crippen LogP contribution in [0.25, 0.3) is 0 Å². The summed E-state index contributed by atoms with van der Waals surface area (Å²) in [4.78, 5) is 11.5. The quantitative estimate of drug-likeness (QED) is 0.778. The summed E-state index contributed by atoms with van der Waals surface area (Å²) in [5, 5.41) is 11.9. The first-order valence-corrected chi connectivity index (χ1v) is 5.07. The Balaban J connectivity index is 2.01. The van der Waals surface area contributed by atoms with E-state index in [9.17, 15) is 9.90 Å². The highest BCUT2D eigenvalue weighted by molar-refractivity contribution is 5.88. The standard InChI is InChI=1S/C13H11NO3/c15-12-9-5-4-8-11(12)14-13(16)17-10-6-2-1-3-7-10/h1-9,15H,(H,14,16). The minimum atomic E-state index is -0.641. The van der Waals surface area contributed by atoms with Crippen LogP contribution in [0, 0.1) is 0 Å². The molecule has 0 aliphatic rings. The van der Waals surface area contributed by atoms with Crippen molar-refractivity contribution in [2.75, 3.05) is 5.32 Å². The van der Waals surface area contributed by atoms with Gasteiger partial charge in [0.25, 0.3) is 0 Å². The Morgan fingerprint density at radius 2 is 1.65 bits per heavy atom. The Bertz CT molecular complexity index is 511. The first kappa shape index (κ1) is 11.0. The molecule has 2 rings (SSSR count). The number of phenols is 1. The number of para-hydroxylation sites is 3. The number of carbonyl (C=O) groups excluding carboxylic acids is 1. The number of aromatic hydroxyl groups is 1. The summed E-state index contributed by atoms with van der Waals surface area (Å²) in [5.41, 5.74) is 0.313. The Kier molecular flexibility index (Phi) is 3.25. The van der Waals surface area contributed by atoms with E-state index in [4.69, 9.17) is 4.74 Å². The number of hydrogen-bond acceptors (Lipinski definition) is 3. The zero-order valence-electron chi connectivity index (χ0n) is 8.96. The van der Waals surface area contributed by atoms with Gasteiger partial charge in [-0.1, -0.05) is 30.3 Å². The maximum atomic E-state index is 11.5. The van der Waals surface area contributed by atoms with E-state index in [-0.39, 0.29) is 5.75 Å². The van der Waals surface area contributed by atoms with Crippen LogP contribution in [0.3, 0.4) is 0 Å². The number of amides is 1. The normalized spacial score (nSPS) is 9.65. The monoisotopic (exact) mass is 229 g/mol. The second-order valence-electron chi connectivity index (χ2n) is 3.34. The Labute approximate surface area is 98.5 Å². The van der Waals surface area contributed by atoms with Gasteiger partial charge in [-0.25, -0.2) is 4.79 Å². The lowest BCUT2D eigenvalue weighted by molar-refractivity contribution is 0.215. The molecule has 0 aliphatic heterocycles. The van der Waals surface area contributed by atoms with E-state index in [1.165, 1.54) is 6.07 Å². The van der Waals surface area contributed by atoms with Crippen LogP contribution in [-0.2, 0) is 0 Å². The van der Waals surface area contributed by atoms with Crippen molar-refractivity contribution < 1.29 is 14.6 Å². The molecule has 0 saturated carbocycles. The number of nitrogens with one attached hydrogen (secondary N) is 1. The number of rotatable bonds is 2. The molecule has 1 amide bonds. The predicted octanol–water partition coefficient (Wildman–Crippen LogP) is 3.00. The average molecular weight is 229 g/mol. The highest BCUT2D eigenvalue weighted by Gasteiger charge is 2.07. The van der Waals surface area contributed by atoms with Gasteiger partial charge in [-0.3, -0.25) is 5.32 Å². The number of ether oxygens (including phenoxy) is 1. The lowest BCUT2D eigenvalue weighted by Gasteiger charge is -2.07. The topological polar surface area (TPSA) is 58.6 Å². The fourth-order valence-corrected chi connectivity index (χ4v) is 1.31. The van der Waals surface area contributed by atoms with Crippen molar-refractivity contribution >= 4 is 11.8 Å². The molecule has 0 spiro atoms. The Morgan fingerprint density at radius 3 is 2.35 bits per heavy atom. The summed E-state index contributed by atoms with van der Waals surface area (Å²) in [6.07, 6.45) is -0.641. The number of hydrogen-bond donors (Lipinski definition) is 2. The molecule has 2 aromatic rings. The molecule has 2 aromatic carbocycles. The molecule has 0 saturated heterocycles. The van der Waals surface area contributed by atoms with Crippen molar-refractivity contribution in [2.45, 2.75) is 0 Å². The summed E-state index contributed by atoms with van der Waals surface area (Å²) in [6.45, 7) is 0. The van der Waals surface area contributed by atoms with Gasteiger partial charge in [-0.2, -0.15) is 0 Å². The SMILES string of the molecule is O=C(Nc1ccccc1O)Oc1ccccc1. The molecule has 0 radical (unpaired) electrons. The molecular weight excluding hydrogens is 218 g/mol. The van der Waals surface area contributed by atoms with Gasteiger partial charge >= 0.3 is 6.09 Å². The summed E-state index contributed by atoms with van der Waals surface area (Å²) >= 11 is 0. The van der Waals surface area contributed by atoms with Gasteiger partial charge in [0.2, 0.25) is 0 Å². The highest BCUT2D eigenvalue weighted by atomic mass is 16.6. The largest absolute Gasteiger partial charge is 0.506 e. The third-order valence-corrected chi connectivity index (χ3v) is 2.09. The van der Waals surface area contributed by atoms with E-state index in [2.05, 4.69) is 5.32 Å². The van der Waals surface area contributed by atoms with Crippen LogP contribution in [0.15, 0.2) is 54.6 Å². The predicted molar refractivity (Wildman–Crippen MR) is 64.2 cm³/mol. The number of carbonyl (C=O) groups is 1. The number of phenolic OH excluding ortho intramolecular Hbond substituents is 1. The Hall–Kier alpha value is -2.49. The first-order valence-electron chi connectivity index (χ1n) is 5.07. The smallest absolute Gasteiger partial charge is 0.417 e. The van der Waals surface area contributed by atoms with E-state index in [0.29, 0.717) is 11.4 Å². The fraction of sp³-hybridized carbons (Fsp3) is 0. The van der Waals surface area contributed by atoms with Gasteiger partial charge in [0.15, 0.2) is 0 Å². The van der Waals surface area contributed by atoms with Gasteiger partial charge in [-0.15, -0.1) is 0 Å². The molecule has 4 nitrogen and oxygen atoms in total. The molecule has 0 unspecified atom stereocenters. The van der Waals surface area contributed by atoms with Crippen LogP contribution in [0.1, 0.15) is 0 Å². The first-order chi connectivity index (χ1) is 8.25. The third-order valence-electron chi connectivity index (χ3n) is 2.09. The molecule has 0 heterocycles. The Morgan fingerprint density at radius 1 is 1.00 bits per heavy atom. The molecule has 0 aromatic heterocycles. The molecule has 0 atom stereocenters. The molecule has 0 fully saturated rings. The zero-order valence-corrected chi connectivity index (χ0v) is 8.96. The number of benzene rings is 2. The number of anilines is 1. The molecule has 0 aliphatic carbocycles. The van der Waals surface area contributed by atoms with Gasteiger partial charge in [0.1, 0.15) is 11.5 Å². The summed E-state index contributed by atoms with van der Waals surface area (Å²) in [5.74, 6) is 0.443. The second-order valence-corrected chi connectivity index (χ2v) is 3.34. The van der Waals surface area contributed by atoms with Crippen LogP contribution < -0.4 is 10.1 Å². The lowest BCUT2D eigenvalue weighted by atomic mass is 10.3. The van der Waals surface area contributed by atoms with Crippen LogP contribution in [0.4, 0.5) is 10.5 Å². The van der Waals surface area contributed by atoms with Crippen LogP contribution >= 0.6 is 0 Å². The van der Waals surface area contributed by atoms with Gasteiger partial charge in [0, 0.05) is 0 Å². The maximum Gasteiger partial charge on any atom is 0.417 e. The summed E-state index contributed by atoms with van der Waals surface area (Å²) in [6, 6.07) is 15.1. The van der Waals surface area contributed by atoms with Crippen LogP contribution in [-0.4, -0.2) is 11.2 Å². The van der Waals surface area contributed by atoms with E-state index in [0.717, 1.165) is 0 Å². The maximum absolute atomic E-state index is 11.5. The van der Waals surface area contributed by atoms with Crippen molar-refractivity contribution in [1.29, 1.82) is 0 Å². The molecule has 0 bridgehead atoms. The molecular formula is C13H11NO3. The van der Waals surface area contributed by atoms with Gasteiger partial charge in [0.05, 0.1) is 5.69 Å². The molecule has 17 heavy (non-hydrogen) atoms. The van der Waals surface area contributed by atoms with Crippen molar-refractivity contribution in [3.05, 3.63) is 54.6 Å². The van der Waals surface area contributed by atoms with Crippen LogP contribution in [0.2, 0.25) is 0 Å². The average Bonchev–Trinajstić information content (AvgIpc) is 2.33. The van der Waals surface area contributed by atoms with E-state index in [1.54, 1.807) is 42.5 Å². The van der Waals surface area contributed by atoms with Crippen molar-refractivity contribution in [3.63, 3.8) is 0 Å². The van der Waals surface area contributed by atoms with Crippen molar-refractivity contribution in [2.24, 2.45) is 0 Å². The van der Waals surface area contributed by atoms with Crippen molar-refractivity contribution in [1.82, 2.24) is 0 Å². The molecule has 86 valence electrons. The zero-order chi connectivity index (χ0) is 12.1.